The standard InChI is InChI=1S/C13H11ClFNO3/c1-7-5-8(19-12(7)13(17)18)6-16-11-9(14)3-2-4-10(11)15/h2-5,16H,6H2,1H3,(H,17,18). The number of furan rings is 1. The van der Waals surface area contributed by atoms with Crippen molar-refractivity contribution in [2.45, 2.75) is 13.5 Å². The highest BCUT2D eigenvalue weighted by atomic mass is 35.5. The van der Waals surface area contributed by atoms with Crippen LogP contribution in [0.25, 0.3) is 0 Å². The van der Waals surface area contributed by atoms with E-state index in [0.717, 1.165) is 0 Å². The second-order valence-electron chi connectivity index (χ2n) is 3.98. The molecule has 4 nitrogen and oxygen atoms in total. The summed E-state index contributed by atoms with van der Waals surface area (Å²) in [7, 11) is 0. The molecule has 1 aromatic heterocycles. The van der Waals surface area contributed by atoms with Gasteiger partial charge in [-0.3, -0.25) is 0 Å². The SMILES string of the molecule is Cc1cc(CNc2c(F)cccc2Cl)oc1C(=O)O. The molecule has 0 aliphatic carbocycles. The highest BCUT2D eigenvalue weighted by Crippen LogP contribution is 2.25. The van der Waals surface area contributed by atoms with E-state index in [-0.39, 0.29) is 23.0 Å². The normalized spacial score (nSPS) is 10.5. The van der Waals surface area contributed by atoms with Crippen molar-refractivity contribution in [3.8, 4) is 0 Å². The maximum atomic E-state index is 13.5. The summed E-state index contributed by atoms with van der Waals surface area (Å²) < 4.78 is 18.6. The molecule has 0 saturated heterocycles. The zero-order chi connectivity index (χ0) is 14.0. The third-order valence-corrected chi connectivity index (χ3v) is 2.88. The number of carboxylic acid groups (broad SMARTS) is 1. The van der Waals surface area contributed by atoms with Gasteiger partial charge >= 0.3 is 5.97 Å². The molecule has 0 amide bonds. The van der Waals surface area contributed by atoms with Crippen LogP contribution in [0.5, 0.6) is 0 Å². The van der Waals surface area contributed by atoms with Gasteiger partial charge in [0, 0.05) is 5.56 Å². The van der Waals surface area contributed by atoms with E-state index >= 15 is 0 Å². The summed E-state index contributed by atoms with van der Waals surface area (Å²) in [5.41, 5.74) is 0.680. The molecular formula is C13H11ClFNO3. The minimum Gasteiger partial charge on any atom is -0.475 e. The Kier molecular flexibility index (Phi) is 3.76. The van der Waals surface area contributed by atoms with Crippen molar-refractivity contribution in [2.24, 2.45) is 0 Å². The first-order valence-electron chi connectivity index (χ1n) is 5.49. The van der Waals surface area contributed by atoms with E-state index in [2.05, 4.69) is 5.32 Å². The first kappa shape index (κ1) is 13.4. The Morgan fingerprint density at radius 3 is 2.84 bits per heavy atom. The second-order valence-corrected chi connectivity index (χ2v) is 4.39. The van der Waals surface area contributed by atoms with Crippen LogP contribution >= 0.6 is 11.6 Å². The van der Waals surface area contributed by atoms with E-state index in [1.165, 1.54) is 12.1 Å². The van der Waals surface area contributed by atoms with Crippen molar-refractivity contribution in [1.29, 1.82) is 0 Å². The predicted octanol–water partition coefficient (Wildman–Crippen LogP) is 3.69. The lowest BCUT2D eigenvalue weighted by atomic mass is 10.2. The molecule has 6 heteroatoms. The Labute approximate surface area is 113 Å². The molecule has 0 saturated carbocycles. The van der Waals surface area contributed by atoms with Gasteiger partial charge in [0.25, 0.3) is 0 Å². The zero-order valence-corrected chi connectivity index (χ0v) is 10.8. The topological polar surface area (TPSA) is 62.5 Å². The second kappa shape index (κ2) is 5.32. The maximum absolute atomic E-state index is 13.5. The van der Waals surface area contributed by atoms with Crippen LogP contribution in [0.1, 0.15) is 21.9 Å². The molecule has 2 N–H and O–H groups in total. The summed E-state index contributed by atoms with van der Waals surface area (Å²) in [4.78, 5) is 10.8. The third kappa shape index (κ3) is 2.88. The quantitative estimate of drug-likeness (QED) is 0.898. The fraction of sp³-hybridized carbons (Fsp3) is 0.154. The summed E-state index contributed by atoms with van der Waals surface area (Å²) in [5, 5.41) is 11.9. The van der Waals surface area contributed by atoms with Gasteiger partial charge in [0.2, 0.25) is 5.76 Å². The van der Waals surface area contributed by atoms with Gasteiger partial charge in [0.15, 0.2) is 0 Å². The van der Waals surface area contributed by atoms with Gasteiger partial charge in [-0.1, -0.05) is 17.7 Å². The molecular weight excluding hydrogens is 273 g/mol. The number of anilines is 1. The van der Waals surface area contributed by atoms with Crippen LogP contribution in [0.3, 0.4) is 0 Å². The molecule has 0 radical (unpaired) electrons. The number of hydrogen-bond acceptors (Lipinski definition) is 3. The van der Waals surface area contributed by atoms with E-state index in [0.29, 0.717) is 11.3 Å². The maximum Gasteiger partial charge on any atom is 0.372 e. The van der Waals surface area contributed by atoms with Crippen molar-refractivity contribution in [1.82, 2.24) is 0 Å². The van der Waals surface area contributed by atoms with Crippen LogP contribution in [0.2, 0.25) is 5.02 Å². The van der Waals surface area contributed by atoms with E-state index < -0.39 is 11.8 Å². The molecule has 1 heterocycles. The molecule has 0 aliphatic heterocycles. The molecule has 0 atom stereocenters. The van der Waals surface area contributed by atoms with Gasteiger partial charge in [-0.25, -0.2) is 9.18 Å². The molecule has 2 rings (SSSR count). The molecule has 0 bridgehead atoms. The minimum atomic E-state index is -1.13. The van der Waals surface area contributed by atoms with Crippen LogP contribution in [0.4, 0.5) is 10.1 Å². The van der Waals surface area contributed by atoms with Crippen molar-refractivity contribution < 1.29 is 18.7 Å². The Morgan fingerprint density at radius 1 is 1.53 bits per heavy atom. The van der Waals surface area contributed by atoms with E-state index in [9.17, 15) is 9.18 Å². The number of rotatable bonds is 4. The number of carboxylic acids is 1. The predicted molar refractivity (Wildman–Crippen MR) is 69.1 cm³/mol. The Balaban J connectivity index is 2.15. The summed E-state index contributed by atoms with van der Waals surface area (Å²) in [6.45, 7) is 1.78. The lowest BCUT2D eigenvalue weighted by Gasteiger charge is -2.07. The van der Waals surface area contributed by atoms with Crippen LogP contribution in [0.15, 0.2) is 28.7 Å². The molecule has 0 aliphatic rings. The van der Waals surface area contributed by atoms with E-state index in [1.807, 2.05) is 0 Å². The van der Waals surface area contributed by atoms with Crippen LogP contribution in [-0.4, -0.2) is 11.1 Å². The van der Waals surface area contributed by atoms with Crippen molar-refractivity contribution in [3.05, 3.63) is 52.2 Å². The Hall–Kier alpha value is -2.01. The average Bonchev–Trinajstić information content (AvgIpc) is 2.70. The fourth-order valence-electron chi connectivity index (χ4n) is 1.69. The van der Waals surface area contributed by atoms with Gasteiger partial charge in [-0.05, 0) is 25.1 Å². The van der Waals surface area contributed by atoms with Crippen molar-refractivity contribution >= 4 is 23.3 Å². The summed E-state index contributed by atoms with van der Waals surface area (Å²) >= 11 is 5.86. The van der Waals surface area contributed by atoms with Gasteiger partial charge in [0.1, 0.15) is 11.6 Å². The monoisotopic (exact) mass is 283 g/mol. The van der Waals surface area contributed by atoms with Crippen molar-refractivity contribution in [2.75, 3.05) is 5.32 Å². The van der Waals surface area contributed by atoms with Crippen LogP contribution in [0, 0.1) is 12.7 Å². The van der Waals surface area contributed by atoms with Crippen LogP contribution < -0.4 is 5.32 Å². The van der Waals surface area contributed by atoms with Crippen LogP contribution in [-0.2, 0) is 6.54 Å². The highest BCUT2D eigenvalue weighted by molar-refractivity contribution is 6.33. The van der Waals surface area contributed by atoms with Gasteiger partial charge in [0.05, 0.1) is 17.3 Å². The fourth-order valence-corrected chi connectivity index (χ4v) is 1.92. The van der Waals surface area contributed by atoms with E-state index in [1.54, 1.807) is 19.1 Å². The number of carbonyl (C=O) groups is 1. The number of para-hydroxylation sites is 1. The number of aryl methyl sites for hydroxylation is 1. The first-order valence-corrected chi connectivity index (χ1v) is 5.87. The smallest absolute Gasteiger partial charge is 0.372 e. The van der Waals surface area contributed by atoms with Gasteiger partial charge in [-0.15, -0.1) is 0 Å². The number of hydrogen-bond donors (Lipinski definition) is 2. The molecule has 2 aromatic rings. The number of halogens is 2. The largest absolute Gasteiger partial charge is 0.475 e. The van der Waals surface area contributed by atoms with Crippen molar-refractivity contribution in [3.63, 3.8) is 0 Å². The molecule has 0 fully saturated rings. The summed E-state index contributed by atoms with van der Waals surface area (Å²) in [6.07, 6.45) is 0. The summed E-state index contributed by atoms with van der Waals surface area (Å²) in [6, 6.07) is 5.93. The first-order chi connectivity index (χ1) is 8.99. The number of benzene rings is 1. The number of nitrogens with one attached hydrogen (secondary N) is 1. The molecule has 0 spiro atoms. The molecule has 1 aromatic carbocycles. The lowest BCUT2D eigenvalue weighted by molar-refractivity contribution is 0.0659. The Morgan fingerprint density at radius 2 is 2.26 bits per heavy atom. The number of aromatic carboxylic acids is 1. The molecule has 100 valence electrons. The van der Waals surface area contributed by atoms with Gasteiger partial charge in [-0.2, -0.15) is 0 Å². The Bertz CT molecular complexity index is 604. The molecule has 19 heavy (non-hydrogen) atoms. The average molecular weight is 284 g/mol. The summed E-state index contributed by atoms with van der Waals surface area (Å²) in [5.74, 6) is -1.33. The molecule has 0 unspecified atom stereocenters. The zero-order valence-electron chi connectivity index (χ0n) is 10.0. The minimum absolute atomic E-state index is 0.114. The lowest BCUT2D eigenvalue weighted by Crippen LogP contribution is -2.01. The van der Waals surface area contributed by atoms with Gasteiger partial charge < -0.3 is 14.8 Å². The third-order valence-electron chi connectivity index (χ3n) is 2.57. The van der Waals surface area contributed by atoms with E-state index in [4.69, 9.17) is 21.1 Å². The highest BCUT2D eigenvalue weighted by Gasteiger charge is 2.14.